The van der Waals surface area contributed by atoms with Crippen molar-refractivity contribution in [3.05, 3.63) is 46.4 Å². The summed E-state index contributed by atoms with van der Waals surface area (Å²) in [6, 6.07) is 5.90. The van der Waals surface area contributed by atoms with Gasteiger partial charge in [-0.1, -0.05) is 5.16 Å². The highest BCUT2D eigenvalue weighted by Crippen LogP contribution is 2.26. The molecule has 4 rings (SSSR count). The van der Waals surface area contributed by atoms with Crippen LogP contribution in [-0.2, 0) is 26.1 Å². The molecule has 0 saturated carbocycles. The molecule has 2 aromatic heterocycles. The van der Waals surface area contributed by atoms with E-state index >= 15 is 0 Å². The van der Waals surface area contributed by atoms with Crippen LogP contribution in [0.2, 0.25) is 0 Å². The maximum Gasteiger partial charge on any atom is 0.342 e. The number of carbonyl (C=O) groups is 1. The van der Waals surface area contributed by atoms with Gasteiger partial charge in [-0.15, -0.1) is 0 Å². The van der Waals surface area contributed by atoms with Crippen LogP contribution < -0.4 is 4.74 Å². The van der Waals surface area contributed by atoms with E-state index in [1.165, 1.54) is 41.0 Å². The highest BCUT2D eigenvalue weighted by Gasteiger charge is 2.28. The van der Waals surface area contributed by atoms with Gasteiger partial charge in [-0.05, 0) is 29.6 Å². The predicted octanol–water partition coefficient (Wildman–Crippen LogP) is 2.18. The Morgan fingerprint density at radius 3 is 2.77 bits per heavy atom. The number of morpholine rings is 1. The maximum atomic E-state index is 12.9. The molecule has 12 heteroatoms. The van der Waals surface area contributed by atoms with E-state index in [2.05, 4.69) is 10.1 Å². The molecular formula is C19H19N3O7S2. The smallest absolute Gasteiger partial charge is 0.342 e. The number of nitrogens with zero attached hydrogens (tertiary/aromatic N) is 3. The van der Waals surface area contributed by atoms with Crippen molar-refractivity contribution in [3.8, 4) is 17.2 Å². The predicted molar refractivity (Wildman–Crippen MR) is 109 cm³/mol. The van der Waals surface area contributed by atoms with Crippen LogP contribution in [-0.4, -0.2) is 62.2 Å². The Labute approximate surface area is 182 Å². The summed E-state index contributed by atoms with van der Waals surface area (Å²) in [6.45, 7) is 0.900. The number of sulfonamides is 1. The van der Waals surface area contributed by atoms with Gasteiger partial charge in [0, 0.05) is 18.5 Å². The molecule has 31 heavy (non-hydrogen) atoms. The SMILES string of the molecule is COc1ccc(S(=O)(=O)N2CCOCC2)cc1C(=O)OCc1noc(-c2ccsc2)n1. The van der Waals surface area contributed by atoms with E-state index in [4.69, 9.17) is 18.7 Å². The van der Waals surface area contributed by atoms with E-state index in [1.54, 1.807) is 0 Å². The second-order valence-electron chi connectivity index (χ2n) is 6.48. The maximum absolute atomic E-state index is 12.9. The number of esters is 1. The van der Waals surface area contributed by atoms with Crippen LogP contribution in [0.1, 0.15) is 16.2 Å². The van der Waals surface area contributed by atoms with Crippen molar-refractivity contribution < 1.29 is 31.9 Å². The standard InChI is InChI=1S/C19H19N3O7S2/c1-26-16-3-2-14(31(24,25)22-5-7-27-8-6-22)10-15(16)19(23)28-11-17-20-18(29-21-17)13-4-9-30-12-13/h2-4,9-10,12H,5-8,11H2,1H3. The number of thiophene rings is 1. The molecule has 0 radical (unpaired) electrons. The zero-order valence-corrected chi connectivity index (χ0v) is 18.1. The van der Waals surface area contributed by atoms with Crippen molar-refractivity contribution in [2.75, 3.05) is 33.4 Å². The Morgan fingerprint density at radius 1 is 1.26 bits per heavy atom. The molecule has 1 fully saturated rings. The quantitative estimate of drug-likeness (QED) is 0.483. The van der Waals surface area contributed by atoms with Crippen molar-refractivity contribution in [3.63, 3.8) is 0 Å². The van der Waals surface area contributed by atoms with E-state index in [-0.39, 0.29) is 41.7 Å². The number of hydrogen-bond donors (Lipinski definition) is 0. The van der Waals surface area contributed by atoms with Crippen molar-refractivity contribution in [1.82, 2.24) is 14.4 Å². The molecule has 164 valence electrons. The van der Waals surface area contributed by atoms with Gasteiger partial charge in [0.05, 0.1) is 30.8 Å². The number of aromatic nitrogens is 2. The Kier molecular flexibility index (Phi) is 6.32. The Balaban J connectivity index is 1.51. The molecule has 1 aromatic carbocycles. The lowest BCUT2D eigenvalue weighted by Crippen LogP contribution is -2.40. The molecule has 3 heterocycles. The van der Waals surface area contributed by atoms with Crippen molar-refractivity contribution in [2.45, 2.75) is 11.5 Å². The zero-order valence-electron chi connectivity index (χ0n) is 16.5. The van der Waals surface area contributed by atoms with Crippen LogP contribution in [0, 0.1) is 0 Å². The van der Waals surface area contributed by atoms with Gasteiger partial charge in [0.25, 0.3) is 5.89 Å². The third-order valence-electron chi connectivity index (χ3n) is 4.57. The van der Waals surface area contributed by atoms with Crippen molar-refractivity contribution in [2.24, 2.45) is 0 Å². The first-order valence-electron chi connectivity index (χ1n) is 9.27. The summed E-state index contributed by atoms with van der Waals surface area (Å²) >= 11 is 1.49. The summed E-state index contributed by atoms with van der Waals surface area (Å²) in [5, 5.41) is 7.53. The normalized spacial score (nSPS) is 15.0. The van der Waals surface area contributed by atoms with Gasteiger partial charge in [-0.2, -0.15) is 20.6 Å². The molecule has 0 aliphatic carbocycles. The molecule has 1 aliphatic rings. The number of rotatable bonds is 7. The molecule has 10 nitrogen and oxygen atoms in total. The van der Waals surface area contributed by atoms with Gasteiger partial charge in [0.2, 0.25) is 15.8 Å². The van der Waals surface area contributed by atoms with Gasteiger partial charge >= 0.3 is 5.97 Å². The zero-order chi connectivity index (χ0) is 21.8. The van der Waals surface area contributed by atoms with E-state index < -0.39 is 16.0 Å². The highest BCUT2D eigenvalue weighted by atomic mass is 32.2. The minimum Gasteiger partial charge on any atom is -0.496 e. The van der Waals surface area contributed by atoms with Gasteiger partial charge in [-0.25, -0.2) is 13.2 Å². The number of methoxy groups -OCH3 is 1. The summed E-state index contributed by atoms with van der Waals surface area (Å²) < 4.78 is 48.0. The summed E-state index contributed by atoms with van der Waals surface area (Å²) in [5.74, 6) is -0.0650. The summed E-state index contributed by atoms with van der Waals surface area (Å²) in [5.41, 5.74) is 0.760. The first kappa shape index (κ1) is 21.4. The summed E-state index contributed by atoms with van der Waals surface area (Å²) in [4.78, 5) is 16.8. The van der Waals surface area contributed by atoms with E-state index in [0.29, 0.717) is 19.1 Å². The largest absolute Gasteiger partial charge is 0.496 e. The van der Waals surface area contributed by atoms with Gasteiger partial charge in [0.1, 0.15) is 11.3 Å². The molecule has 0 spiro atoms. The Morgan fingerprint density at radius 2 is 2.06 bits per heavy atom. The van der Waals surface area contributed by atoms with Gasteiger partial charge in [-0.3, -0.25) is 0 Å². The Bertz CT molecular complexity index is 1150. The van der Waals surface area contributed by atoms with Crippen LogP contribution in [0.25, 0.3) is 11.5 Å². The van der Waals surface area contributed by atoms with E-state index in [0.717, 1.165) is 5.56 Å². The third-order valence-corrected chi connectivity index (χ3v) is 7.15. The van der Waals surface area contributed by atoms with Crippen LogP contribution in [0.15, 0.2) is 44.4 Å². The molecule has 0 atom stereocenters. The minimum absolute atomic E-state index is 0.0154. The molecule has 0 N–H and O–H groups in total. The van der Waals surface area contributed by atoms with Crippen LogP contribution >= 0.6 is 11.3 Å². The molecule has 1 aliphatic heterocycles. The fraction of sp³-hybridized carbons (Fsp3) is 0.316. The molecular weight excluding hydrogens is 446 g/mol. The fourth-order valence-electron chi connectivity index (χ4n) is 2.97. The van der Waals surface area contributed by atoms with Crippen LogP contribution in [0.4, 0.5) is 0 Å². The van der Waals surface area contributed by atoms with Crippen LogP contribution in [0.5, 0.6) is 5.75 Å². The fourth-order valence-corrected chi connectivity index (χ4v) is 5.03. The van der Waals surface area contributed by atoms with Gasteiger partial charge in [0.15, 0.2) is 6.61 Å². The summed E-state index contributed by atoms with van der Waals surface area (Å²) in [6.07, 6.45) is 0. The molecule has 0 bridgehead atoms. The lowest BCUT2D eigenvalue weighted by Gasteiger charge is -2.26. The number of carbonyl (C=O) groups excluding carboxylic acids is 1. The second-order valence-corrected chi connectivity index (χ2v) is 9.20. The second kappa shape index (κ2) is 9.14. The van der Waals surface area contributed by atoms with Crippen molar-refractivity contribution in [1.29, 1.82) is 0 Å². The minimum atomic E-state index is -3.78. The van der Waals surface area contributed by atoms with E-state index in [1.807, 2.05) is 16.8 Å². The topological polar surface area (TPSA) is 121 Å². The number of ether oxygens (including phenoxy) is 3. The molecule has 0 amide bonds. The average Bonchev–Trinajstić information content (AvgIpc) is 3.49. The first-order chi connectivity index (χ1) is 15.0. The molecule has 0 unspecified atom stereocenters. The van der Waals surface area contributed by atoms with Crippen molar-refractivity contribution >= 4 is 27.3 Å². The molecule has 1 saturated heterocycles. The molecule has 3 aromatic rings. The number of hydrogen-bond acceptors (Lipinski definition) is 10. The monoisotopic (exact) mass is 465 g/mol. The number of benzene rings is 1. The average molecular weight is 466 g/mol. The lowest BCUT2D eigenvalue weighted by atomic mass is 10.2. The highest BCUT2D eigenvalue weighted by molar-refractivity contribution is 7.89. The lowest BCUT2D eigenvalue weighted by molar-refractivity contribution is 0.0455. The van der Waals surface area contributed by atoms with Crippen LogP contribution in [0.3, 0.4) is 0 Å². The van der Waals surface area contributed by atoms with E-state index in [9.17, 15) is 13.2 Å². The van der Waals surface area contributed by atoms with Gasteiger partial charge < -0.3 is 18.7 Å². The summed E-state index contributed by atoms with van der Waals surface area (Å²) in [7, 11) is -2.40. The third kappa shape index (κ3) is 4.61. The Hall–Kier alpha value is -2.80. The first-order valence-corrected chi connectivity index (χ1v) is 11.7.